The van der Waals surface area contributed by atoms with Crippen LogP contribution in [0.2, 0.25) is 0 Å². The monoisotopic (exact) mass is 217 g/mol. The third-order valence-electron chi connectivity index (χ3n) is 2.14. The van der Waals surface area contributed by atoms with Crippen molar-refractivity contribution in [1.29, 1.82) is 0 Å². The second-order valence-electron chi connectivity index (χ2n) is 3.49. The van der Waals surface area contributed by atoms with Gasteiger partial charge in [0.05, 0.1) is 0 Å². The smallest absolute Gasteiger partial charge is 0.128 e. The molecule has 0 bridgehead atoms. The molecule has 0 aromatic heterocycles. The summed E-state index contributed by atoms with van der Waals surface area (Å²) >= 11 is 0. The standard InChI is InChI=1S/C13H12FNO/c14-11-6-12(15)8-13(7-11)16-9-10-4-2-1-3-5-10/h1-8H,9,15H2. The number of rotatable bonds is 3. The summed E-state index contributed by atoms with van der Waals surface area (Å²) in [6, 6.07) is 13.9. The molecule has 0 heterocycles. The van der Waals surface area contributed by atoms with Crippen molar-refractivity contribution in [2.45, 2.75) is 6.61 Å². The molecular weight excluding hydrogens is 205 g/mol. The molecule has 0 unspecified atom stereocenters. The molecule has 0 aliphatic rings. The van der Waals surface area contributed by atoms with E-state index < -0.39 is 0 Å². The van der Waals surface area contributed by atoms with E-state index in [1.807, 2.05) is 30.3 Å². The van der Waals surface area contributed by atoms with Gasteiger partial charge in [-0.15, -0.1) is 0 Å². The van der Waals surface area contributed by atoms with E-state index in [1.165, 1.54) is 12.1 Å². The van der Waals surface area contributed by atoms with Crippen LogP contribution in [0.5, 0.6) is 5.75 Å². The summed E-state index contributed by atoms with van der Waals surface area (Å²) in [6.07, 6.45) is 0. The lowest BCUT2D eigenvalue weighted by Gasteiger charge is -2.07. The number of halogens is 1. The second-order valence-corrected chi connectivity index (χ2v) is 3.49. The first-order chi connectivity index (χ1) is 7.74. The fourth-order valence-corrected chi connectivity index (χ4v) is 1.41. The molecule has 3 heteroatoms. The molecule has 0 spiro atoms. The zero-order valence-corrected chi connectivity index (χ0v) is 8.69. The lowest BCUT2D eigenvalue weighted by Crippen LogP contribution is -1.96. The molecule has 0 atom stereocenters. The van der Waals surface area contributed by atoms with Crippen molar-refractivity contribution in [3.05, 3.63) is 59.9 Å². The quantitative estimate of drug-likeness (QED) is 0.802. The Morgan fingerprint density at radius 2 is 1.81 bits per heavy atom. The summed E-state index contributed by atoms with van der Waals surface area (Å²) in [7, 11) is 0. The van der Waals surface area contributed by atoms with E-state index in [9.17, 15) is 4.39 Å². The van der Waals surface area contributed by atoms with Crippen LogP contribution in [-0.4, -0.2) is 0 Å². The van der Waals surface area contributed by atoms with Crippen LogP contribution in [-0.2, 0) is 6.61 Å². The highest BCUT2D eigenvalue weighted by Crippen LogP contribution is 2.18. The van der Waals surface area contributed by atoms with Gasteiger partial charge in [-0.3, -0.25) is 0 Å². The largest absolute Gasteiger partial charge is 0.489 e. The van der Waals surface area contributed by atoms with Gasteiger partial charge in [0.1, 0.15) is 18.2 Å². The van der Waals surface area contributed by atoms with Crippen LogP contribution < -0.4 is 10.5 Å². The Balaban J connectivity index is 2.05. The van der Waals surface area contributed by atoms with Gasteiger partial charge in [-0.05, 0) is 11.6 Å². The third kappa shape index (κ3) is 2.73. The SMILES string of the molecule is Nc1cc(F)cc(OCc2ccccc2)c1. The Hall–Kier alpha value is -2.03. The van der Waals surface area contributed by atoms with Crippen LogP contribution >= 0.6 is 0 Å². The molecule has 0 aliphatic carbocycles. The Bertz CT molecular complexity index is 450. The van der Waals surface area contributed by atoms with Gasteiger partial charge in [0.2, 0.25) is 0 Å². The Kier molecular flexibility index (Phi) is 3.05. The molecule has 2 nitrogen and oxygen atoms in total. The summed E-state index contributed by atoms with van der Waals surface area (Å²) < 4.78 is 18.4. The van der Waals surface area contributed by atoms with E-state index in [0.29, 0.717) is 18.0 Å². The lowest BCUT2D eigenvalue weighted by atomic mass is 10.2. The Morgan fingerprint density at radius 1 is 1.06 bits per heavy atom. The van der Waals surface area contributed by atoms with Crippen molar-refractivity contribution in [2.75, 3.05) is 5.73 Å². The summed E-state index contributed by atoms with van der Waals surface area (Å²) in [4.78, 5) is 0. The number of hydrogen-bond acceptors (Lipinski definition) is 2. The van der Waals surface area contributed by atoms with Crippen LogP contribution in [0.4, 0.5) is 10.1 Å². The van der Waals surface area contributed by atoms with Crippen molar-refractivity contribution < 1.29 is 9.13 Å². The van der Waals surface area contributed by atoms with Crippen molar-refractivity contribution in [2.24, 2.45) is 0 Å². The lowest BCUT2D eigenvalue weighted by molar-refractivity contribution is 0.305. The number of anilines is 1. The van der Waals surface area contributed by atoms with E-state index in [-0.39, 0.29) is 5.82 Å². The van der Waals surface area contributed by atoms with Crippen LogP contribution in [0, 0.1) is 5.82 Å². The van der Waals surface area contributed by atoms with Gasteiger partial charge in [-0.25, -0.2) is 4.39 Å². The highest BCUT2D eigenvalue weighted by Gasteiger charge is 1.99. The number of hydrogen-bond donors (Lipinski definition) is 1. The average molecular weight is 217 g/mol. The zero-order chi connectivity index (χ0) is 11.4. The van der Waals surface area contributed by atoms with Crippen molar-refractivity contribution in [3.8, 4) is 5.75 Å². The predicted molar refractivity (Wildman–Crippen MR) is 61.6 cm³/mol. The van der Waals surface area contributed by atoms with Gasteiger partial charge in [0, 0.05) is 17.8 Å². The molecule has 82 valence electrons. The van der Waals surface area contributed by atoms with Gasteiger partial charge in [0.15, 0.2) is 0 Å². The van der Waals surface area contributed by atoms with E-state index >= 15 is 0 Å². The molecule has 2 aromatic carbocycles. The number of nitrogen functional groups attached to an aromatic ring is 1. The van der Waals surface area contributed by atoms with Crippen molar-refractivity contribution >= 4 is 5.69 Å². The highest BCUT2D eigenvalue weighted by atomic mass is 19.1. The average Bonchev–Trinajstić information content (AvgIpc) is 2.27. The normalized spacial score (nSPS) is 10.1. The highest BCUT2D eigenvalue weighted by molar-refractivity contribution is 5.44. The van der Waals surface area contributed by atoms with Crippen LogP contribution in [0.1, 0.15) is 5.56 Å². The maximum absolute atomic E-state index is 13.0. The van der Waals surface area contributed by atoms with Gasteiger partial charge < -0.3 is 10.5 Å². The molecule has 0 amide bonds. The van der Waals surface area contributed by atoms with Crippen LogP contribution in [0.15, 0.2) is 48.5 Å². The predicted octanol–water partition coefficient (Wildman–Crippen LogP) is 2.99. The van der Waals surface area contributed by atoms with E-state index in [0.717, 1.165) is 5.56 Å². The number of ether oxygens (including phenoxy) is 1. The molecule has 2 rings (SSSR count). The first-order valence-corrected chi connectivity index (χ1v) is 4.97. The first kappa shape index (κ1) is 10.5. The van der Waals surface area contributed by atoms with Gasteiger partial charge in [-0.2, -0.15) is 0 Å². The van der Waals surface area contributed by atoms with E-state index in [2.05, 4.69) is 0 Å². The minimum absolute atomic E-state index is 0.364. The molecule has 0 saturated heterocycles. The molecule has 0 saturated carbocycles. The minimum Gasteiger partial charge on any atom is -0.489 e. The molecule has 2 aromatic rings. The van der Waals surface area contributed by atoms with Crippen LogP contribution in [0.3, 0.4) is 0 Å². The van der Waals surface area contributed by atoms with Crippen molar-refractivity contribution in [1.82, 2.24) is 0 Å². The topological polar surface area (TPSA) is 35.2 Å². The third-order valence-corrected chi connectivity index (χ3v) is 2.14. The second kappa shape index (κ2) is 4.66. The molecule has 16 heavy (non-hydrogen) atoms. The fourth-order valence-electron chi connectivity index (χ4n) is 1.41. The summed E-state index contributed by atoms with van der Waals surface area (Å²) in [6.45, 7) is 0.406. The minimum atomic E-state index is -0.386. The molecule has 0 fully saturated rings. The van der Waals surface area contributed by atoms with Gasteiger partial charge in [-0.1, -0.05) is 30.3 Å². The molecular formula is C13H12FNO. The maximum atomic E-state index is 13.0. The first-order valence-electron chi connectivity index (χ1n) is 4.97. The molecule has 0 aliphatic heterocycles. The Labute approximate surface area is 93.5 Å². The van der Waals surface area contributed by atoms with E-state index in [4.69, 9.17) is 10.5 Å². The van der Waals surface area contributed by atoms with E-state index in [1.54, 1.807) is 6.07 Å². The summed E-state index contributed by atoms with van der Waals surface area (Å²) in [5.74, 6) is 0.0596. The van der Waals surface area contributed by atoms with Gasteiger partial charge >= 0.3 is 0 Å². The van der Waals surface area contributed by atoms with Gasteiger partial charge in [0.25, 0.3) is 0 Å². The van der Waals surface area contributed by atoms with Crippen molar-refractivity contribution in [3.63, 3.8) is 0 Å². The maximum Gasteiger partial charge on any atom is 0.128 e. The Morgan fingerprint density at radius 3 is 2.50 bits per heavy atom. The fraction of sp³-hybridized carbons (Fsp3) is 0.0769. The molecule has 0 radical (unpaired) electrons. The number of benzene rings is 2. The van der Waals surface area contributed by atoms with Crippen LogP contribution in [0.25, 0.3) is 0 Å². The summed E-state index contributed by atoms with van der Waals surface area (Å²) in [5, 5.41) is 0. The molecule has 2 N–H and O–H groups in total. The number of nitrogens with two attached hydrogens (primary N) is 1. The zero-order valence-electron chi connectivity index (χ0n) is 8.69. The summed E-state index contributed by atoms with van der Waals surface area (Å²) in [5.41, 5.74) is 6.91.